The molecule has 0 saturated heterocycles. The molecule has 1 aromatic carbocycles. The molecule has 0 aliphatic carbocycles. The van der Waals surface area contributed by atoms with Crippen molar-refractivity contribution in [3.05, 3.63) is 35.4 Å². The second kappa shape index (κ2) is 4.52. The summed E-state index contributed by atoms with van der Waals surface area (Å²) >= 11 is 0. The Bertz CT molecular complexity index is 343. The fourth-order valence-electron chi connectivity index (χ4n) is 0.883. The van der Waals surface area contributed by atoms with E-state index in [0.717, 1.165) is 12.1 Å². The Morgan fingerprint density at radius 3 is 2.64 bits per heavy atom. The van der Waals surface area contributed by atoms with Gasteiger partial charge in [0.1, 0.15) is 0 Å². The van der Waals surface area contributed by atoms with E-state index in [1.54, 1.807) is 0 Å². The highest BCUT2D eigenvalue weighted by atomic mass is 19.2. The lowest BCUT2D eigenvalue weighted by atomic mass is 10.2. The third-order valence-corrected chi connectivity index (χ3v) is 1.57. The van der Waals surface area contributed by atoms with Crippen LogP contribution in [0.1, 0.15) is 5.56 Å². The Balaban J connectivity index is 2.60. The number of halogens is 2. The van der Waals surface area contributed by atoms with Gasteiger partial charge in [0, 0.05) is 6.54 Å². The van der Waals surface area contributed by atoms with Crippen molar-refractivity contribution in [1.82, 2.24) is 10.7 Å². The number of urea groups is 1. The van der Waals surface area contributed by atoms with Crippen LogP contribution in [0.15, 0.2) is 18.2 Å². The van der Waals surface area contributed by atoms with Crippen LogP contribution >= 0.6 is 0 Å². The maximum Gasteiger partial charge on any atom is 0.329 e. The molecular formula is C8H9F2N3O. The zero-order valence-corrected chi connectivity index (χ0v) is 7.18. The largest absolute Gasteiger partial charge is 0.333 e. The number of amides is 2. The van der Waals surface area contributed by atoms with Crippen molar-refractivity contribution in [1.29, 1.82) is 0 Å². The van der Waals surface area contributed by atoms with Gasteiger partial charge >= 0.3 is 6.03 Å². The number of carbonyl (C=O) groups is 1. The van der Waals surface area contributed by atoms with E-state index in [-0.39, 0.29) is 6.54 Å². The van der Waals surface area contributed by atoms with E-state index in [2.05, 4.69) is 5.32 Å². The van der Waals surface area contributed by atoms with Crippen LogP contribution in [0, 0.1) is 11.6 Å². The first-order valence-electron chi connectivity index (χ1n) is 3.82. The topological polar surface area (TPSA) is 67.1 Å². The van der Waals surface area contributed by atoms with Crippen molar-refractivity contribution in [3.8, 4) is 0 Å². The maximum absolute atomic E-state index is 12.7. The summed E-state index contributed by atoms with van der Waals surface area (Å²) in [6.45, 7) is 0.0836. The summed E-state index contributed by atoms with van der Waals surface area (Å²) in [5.41, 5.74) is 2.29. The Kier molecular flexibility index (Phi) is 3.35. The summed E-state index contributed by atoms with van der Waals surface area (Å²) in [5, 5.41) is 2.33. The first kappa shape index (κ1) is 10.4. The highest BCUT2D eigenvalue weighted by Gasteiger charge is 2.03. The van der Waals surface area contributed by atoms with Gasteiger partial charge in [0.05, 0.1) is 0 Å². The van der Waals surface area contributed by atoms with Gasteiger partial charge in [0.2, 0.25) is 0 Å². The van der Waals surface area contributed by atoms with Gasteiger partial charge in [-0.15, -0.1) is 0 Å². The smallest absolute Gasteiger partial charge is 0.329 e. The van der Waals surface area contributed by atoms with E-state index >= 15 is 0 Å². The first-order chi connectivity index (χ1) is 6.63. The number of hydrogen-bond donors (Lipinski definition) is 3. The molecule has 6 heteroatoms. The summed E-state index contributed by atoms with van der Waals surface area (Å²) in [7, 11) is 0. The third-order valence-electron chi connectivity index (χ3n) is 1.57. The van der Waals surface area contributed by atoms with Crippen LogP contribution in [0.3, 0.4) is 0 Å². The average molecular weight is 201 g/mol. The summed E-state index contributed by atoms with van der Waals surface area (Å²) in [5.74, 6) is 2.93. The van der Waals surface area contributed by atoms with E-state index in [4.69, 9.17) is 5.84 Å². The molecule has 0 aliphatic heterocycles. The van der Waals surface area contributed by atoms with Crippen molar-refractivity contribution in [2.24, 2.45) is 5.84 Å². The van der Waals surface area contributed by atoms with Crippen LogP contribution in [0.2, 0.25) is 0 Å². The monoisotopic (exact) mass is 201 g/mol. The fourth-order valence-corrected chi connectivity index (χ4v) is 0.883. The second-order valence-corrected chi connectivity index (χ2v) is 2.58. The molecular weight excluding hydrogens is 192 g/mol. The molecule has 76 valence electrons. The zero-order valence-electron chi connectivity index (χ0n) is 7.18. The van der Waals surface area contributed by atoms with E-state index in [9.17, 15) is 13.6 Å². The third kappa shape index (κ3) is 2.67. The number of hydrazine groups is 1. The van der Waals surface area contributed by atoms with Crippen LogP contribution in [0.25, 0.3) is 0 Å². The van der Waals surface area contributed by atoms with Gasteiger partial charge < -0.3 is 5.32 Å². The second-order valence-electron chi connectivity index (χ2n) is 2.58. The summed E-state index contributed by atoms with van der Waals surface area (Å²) < 4.78 is 25.1. The van der Waals surface area contributed by atoms with Gasteiger partial charge in [-0.25, -0.2) is 19.4 Å². The normalized spacial score (nSPS) is 9.64. The lowest BCUT2D eigenvalue weighted by molar-refractivity contribution is 0.240. The lowest BCUT2D eigenvalue weighted by Gasteiger charge is -2.04. The molecule has 0 aliphatic rings. The number of nitrogens with one attached hydrogen (secondary N) is 2. The molecule has 14 heavy (non-hydrogen) atoms. The molecule has 0 spiro atoms. The first-order valence-corrected chi connectivity index (χ1v) is 3.82. The number of rotatable bonds is 2. The van der Waals surface area contributed by atoms with E-state index in [1.165, 1.54) is 6.07 Å². The summed E-state index contributed by atoms with van der Waals surface area (Å²) in [6.07, 6.45) is 0. The average Bonchev–Trinajstić information content (AvgIpc) is 2.19. The van der Waals surface area contributed by atoms with Crippen molar-refractivity contribution in [3.63, 3.8) is 0 Å². The number of benzene rings is 1. The molecule has 4 N–H and O–H groups in total. The van der Waals surface area contributed by atoms with Crippen LogP contribution in [-0.2, 0) is 6.54 Å². The van der Waals surface area contributed by atoms with Crippen LogP contribution < -0.4 is 16.6 Å². The van der Waals surface area contributed by atoms with E-state index in [0.29, 0.717) is 5.56 Å². The minimum atomic E-state index is -0.947. The Morgan fingerprint density at radius 2 is 2.07 bits per heavy atom. The van der Waals surface area contributed by atoms with Gasteiger partial charge in [-0.3, -0.25) is 5.43 Å². The lowest BCUT2D eigenvalue weighted by Crippen LogP contribution is -2.39. The predicted octanol–water partition coefficient (Wildman–Crippen LogP) is 0.638. The van der Waals surface area contributed by atoms with Gasteiger partial charge in [-0.1, -0.05) is 6.07 Å². The molecule has 0 radical (unpaired) electrons. The fraction of sp³-hybridized carbons (Fsp3) is 0.125. The van der Waals surface area contributed by atoms with Gasteiger partial charge in [-0.05, 0) is 17.7 Å². The minimum Gasteiger partial charge on any atom is -0.333 e. The zero-order chi connectivity index (χ0) is 10.6. The molecule has 0 heterocycles. The van der Waals surface area contributed by atoms with Crippen molar-refractivity contribution in [2.45, 2.75) is 6.54 Å². The highest BCUT2D eigenvalue weighted by molar-refractivity contribution is 5.72. The summed E-state index contributed by atoms with van der Waals surface area (Å²) in [6, 6.07) is 2.78. The molecule has 0 aromatic heterocycles. The molecule has 0 fully saturated rings. The van der Waals surface area contributed by atoms with Crippen molar-refractivity contribution in [2.75, 3.05) is 0 Å². The van der Waals surface area contributed by atoms with E-state index < -0.39 is 17.7 Å². The molecule has 0 bridgehead atoms. The Hall–Kier alpha value is -1.69. The maximum atomic E-state index is 12.7. The number of hydrogen-bond acceptors (Lipinski definition) is 2. The van der Waals surface area contributed by atoms with Crippen LogP contribution in [0.5, 0.6) is 0 Å². The van der Waals surface area contributed by atoms with Crippen LogP contribution in [0.4, 0.5) is 13.6 Å². The minimum absolute atomic E-state index is 0.0836. The van der Waals surface area contributed by atoms with Gasteiger partial charge in [0.15, 0.2) is 11.6 Å². The van der Waals surface area contributed by atoms with Gasteiger partial charge in [0.25, 0.3) is 0 Å². The number of nitrogens with two attached hydrogens (primary N) is 1. The van der Waals surface area contributed by atoms with Gasteiger partial charge in [-0.2, -0.15) is 0 Å². The Morgan fingerprint density at radius 1 is 1.36 bits per heavy atom. The number of carbonyl (C=O) groups excluding carboxylic acids is 1. The standard InChI is InChI=1S/C8H9F2N3O/c9-6-2-1-5(3-7(6)10)4-12-8(14)13-11/h1-3H,4,11H2,(H2,12,13,14). The van der Waals surface area contributed by atoms with Crippen LogP contribution in [-0.4, -0.2) is 6.03 Å². The van der Waals surface area contributed by atoms with Crippen molar-refractivity contribution >= 4 is 6.03 Å². The Labute approximate surface area is 79.1 Å². The SMILES string of the molecule is NNC(=O)NCc1ccc(F)c(F)c1. The molecule has 1 rings (SSSR count). The molecule has 0 atom stereocenters. The van der Waals surface area contributed by atoms with Crippen molar-refractivity contribution < 1.29 is 13.6 Å². The molecule has 0 unspecified atom stereocenters. The van der Waals surface area contributed by atoms with E-state index in [1.807, 2.05) is 5.43 Å². The molecule has 4 nitrogen and oxygen atoms in total. The highest BCUT2D eigenvalue weighted by Crippen LogP contribution is 2.07. The quantitative estimate of drug-likeness (QED) is 0.373. The molecule has 0 saturated carbocycles. The molecule has 2 amide bonds. The molecule has 1 aromatic rings. The summed E-state index contributed by atoms with van der Waals surface area (Å²) in [4.78, 5) is 10.6. The predicted molar refractivity (Wildman–Crippen MR) is 45.9 cm³/mol.